The molecule has 12 rings (SSSR count). The minimum absolute atomic E-state index is 0.817. The van der Waals surface area contributed by atoms with E-state index in [9.17, 15) is 0 Å². The Kier molecular flexibility index (Phi) is 6.34. The first kappa shape index (κ1) is 30.1. The first-order valence-corrected chi connectivity index (χ1v) is 18.8. The molecule has 0 radical (unpaired) electrons. The van der Waals surface area contributed by atoms with Crippen molar-refractivity contribution in [3.05, 3.63) is 188 Å². The fourth-order valence-electron chi connectivity index (χ4n) is 9.03. The van der Waals surface area contributed by atoms with Crippen molar-refractivity contribution in [3.63, 3.8) is 0 Å². The van der Waals surface area contributed by atoms with Crippen LogP contribution in [0.5, 0.6) is 0 Å². The Hall–Kier alpha value is -7.36. The van der Waals surface area contributed by atoms with E-state index in [4.69, 9.17) is 8.83 Å². The molecule has 55 heavy (non-hydrogen) atoms. The van der Waals surface area contributed by atoms with Crippen molar-refractivity contribution < 1.29 is 8.83 Å². The van der Waals surface area contributed by atoms with Gasteiger partial charge in [-0.3, -0.25) is 0 Å². The zero-order valence-electron chi connectivity index (χ0n) is 29.7. The van der Waals surface area contributed by atoms with Gasteiger partial charge in [0.2, 0.25) is 0 Å². The van der Waals surface area contributed by atoms with Crippen molar-refractivity contribution >= 4 is 76.3 Å². The molecule has 0 atom stereocenters. The van der Waals surface area contributed by atoms with Crippen LogP contribution in [0.2, 0.25) is 0 Å². The van der Waals surface area contributed by atoms with E-state index < -0.39 is 0 Å². The molecule has 0 aliphatic heterocycles. The lowest BCUT2D eigenvalue weighted by molar-refractivity contribution is 0.633. The summed E-state index contributed by atoms with van der Waals surface area (Å²) in [5.74, 6) is 0.851. The lowest BCUT2D eigenvalue weighted by atomic mass is 9.85. The number of aromatic nitrogens is 1. The Labute approximate surface area is 315 Å². The summed E-state index contributed by atoms with van der Waals surface area (Å²) in [5, 5.41) is 10.4. The molecule has 12 aromatic rings. The van der Waals surface area contributed by atoms with E-state index in [1.165, 1.54) is 60.0 Å². The number of nitrogens with zero attached hydrogens (tertiary/aromatic N) is 1. The zero-order valence-corrected chi connectivity index (χ0v) is 29.7. The molecule has 0 bridgehead atoms. The highest BCUT2D eigenvalue weighted by Gasteiger charge is 2.23. The van der Waals surface area contributed by atoms with E-state index in [-0.39, 0.29) is 0 Å². The van der Waals surface area contributed by atoms with Crippen LogP contribution in [0.4, 0.5) is 0 Å². The highest BCUT2D eigenvalue weighted by Crippen LogP contribution is 2.48. The largest absolute Gasteiger partial charge is 0.455 e. The highest BCUT2D eigenvalue weighted by atomic mass is 16.3. The molecule has 256 valence electrons. The van der Waals surface area contributed by atoms with E-state index >= 15 is 0 Å². The Morgan fingerprint density at radius 3 is 1.73 bits per heavy atom. The van der Waals surface area contributed by atoms with Gasteiger partial charge in [-0.25, -0.2) is 0 Å². The van der Waals surface area contributed by atoms with Crippen molar-refractivity contribution in [2.75, 3.05) is 0 Å². The maximum absolute atomic E-state index is 6.84. The van der Waals surface area contributed by atoms with Gasteiger partial charge in [0, 0.05) is 43.9 Å². The van der Waals surface area contributed by atoms with E-state index in [1.807, 2.05) is 18.2 Å². The molecule has 3 nitrogen and oxygen atoms in total. The third-order valence-corrected chi connectivity index (χ3v) is 11.4. The first-order valence-electron chi connectivity index (χ1n) is 18.8. The fraction of sp³-hybridized carbons (Fsp3) is 0. The van der Waals surface area contributed by atoms with Crippen molar-refractivity contribution in [1.29, 1.82) is 0 Å². The van der Waals surface area contributed by atoms with Gasteiger partial charge in [-0.15, -0.1) is 0 Å². The summed E-state index contributed by atoms with van der Waals surface area (Å²) in [5.41, 5.74) is 11.8. The van der Waals surface area contributed by atoms with Gasteiger partial charge in [0.05, 0.1) is 16.4 Å². The third-order valence-electron chi connectivity index (χ3n) is 11.4. The average Bonchev–Trinajstić information content (AvgIpc) is 3.95. The summed E-state index contributed by atoms with van der Waals surface area (Å²) >= 11 is 0. The maximum Gasteiger partial charge on any atom is 0.146 e. The van der Waals surface area contributed by atoms with Crippen LogP contribution in [-0.4, -0.2) is 4.57 Å². The Morgan fingerprint density at radius 2 is 0.982 bits per heavy atom. The van der Waals surface area contributed by atoms with Crippen molar-refractivity contribution in [1.82, 2.24) is 4.57 Å². The smallest absolute Gasteiger partial charge is 0.146 e. The van der Waals surface area contributed by atoms with Crippen molar-refractivity contribution in [2.45, 2.75) is 0 Å². The number of benzene rings is 9. The summed E-state index contributed by atoms with van der Waals surface area (Å²) in [6.07, 6.45) is 0. The fourth-order valence-corrected chi connectivity index (χ4v) is 9.03. The Morgan fingerprint density at radius 1 is 0.364 bits per heavy atom. The van der Waals surface area contributed by atoms with Crippen LogP contribution in [0.15, 0.2) is 197 Å². The quantitative estimate of drug-likeness (QED) is 0.171. The average molecular weight is 702 g/mol. The predicted molar refractivity (Wildman–Crippen MR) is 229 cm³/mol. The van der Waals surface area contributed by atoms with Gasteiger partial charge in [-0.1, -0.05) is 140 Å². The Bertz CT molecular complexity index is 3420. The molecule has 0 amide bonds. The number of hydrogen-bond donors (Lipinski definition) is 0. The SMILES string of the molecule is c1ccc(-c2cc3ccc4oc5c(-c6c7ccccc7c(-c7ccc8c(c7)c7ccccc7n8-c7ccccc7)c7ccccc67)cccc5c4c3o2)cc1. The Balaban J connectivity index is 1.12. The molecule has 3 heterocycles. The first-order chi connectivity index (χ1) is 27.3. The van der Waals surface area contributed by atoms with Crippen LogP contribution < -0.4 is 0 Å². The van der Waals surface area contributed by atoms with Gasteiger partial charge >= 0.3 is 0 Å². The lowest BCUT2D eigenvalue weighted by Crippen LogP contribution is -1.93. The minimum atomic E-state index is 0.817. The molecular weight excluding hydrogens is 671 g/mol. The van der Waals surface area contributed by atoms with Crippen LogP contribution in [0.3, 0.4) is 0 Å². The van der Waals surface area contributed by atoms with Gasteiger partial charge in [0.1, 0.15) is 22.5 Å². The zero-order chi connectivity index (χ0) is 36.0. The second-order valence-electron chi connectivity index (χ2n) is 14.4. The highest BCUT2D eigenvalue weighted by molar-refractivity contribution is 6.26. The molecule has 0 unspecified atom stereocenters. The van der Waals surface area contributed by atoms with E-state index in [1.54, 1.807) is 0 Å². The lowest BCUT2D eigenvalue weighted by Gasteiger charge is -2.18. The van der Waals surface area contributed by atoms with Crippen LogP contribution in [0.1, 0.15) is 0 Å². The topological polar surface area (TPSA) is 31.2 Å². The molecular formula is C52H31NO2. The third kappa shape index (κ3) is 4.38. The van der Waals surface area contributed by atoms with Gasteiger partial charge < -0.3 is 13.4 Å². The second-order valence-corrected chi connectivity index (χ2v) is 14.4. The summed E-state index contributed by atoms with van der Waals surface area (Å²) in [7, 11) is 0. The number of hydrogen-bond acceptors (Lipinski definition) is 2. The monoisotopic (exact) mass is 701 g/mol. The van der Waals surface area contributed by atoms with E-state index in [0.717, 1.165) is 55.5 Å². The molecule has 0 saturated carbocycles. The molecule has 0 spiro atoms. The molecule has 0 aliphatic rings. The number of fused-ring (bicyclic) bond motifs is 10. The van der Waals surface area contributed by atoms with Gasteiger partial charge in [-0.2, -0.15) is 0 Å². The summed E-state index contributed by atoms with van der Waals surface area (Å²) < 4.78 is 15.8. The molecule has 0 fully saturated rings. The predicted octanol–water partition coefficient (Wildman–Crippen LogP) is 14.7. The van der Waals surface area contributed by atoms with Crippen LogP contribution in [0.25, 0.3) is 116 Å². The number of para-hydroxylation sites is 3. The molecule has 0 aliphatic carbocycles. The van der Waals surface area contributed by atoms with Crippen LogP contribution in [0, 0.1) is 0 Å². The minimum Gasteiger partial charge on any atom is -0.455 e. The van der Waals surface area contributed by atoms with Gasteiger partial charge in [0.15, 0.2) is 0 Å². The standard InChI is InChI=1S/C52H31NO2/c1-3-14-32(15-4-1)47-31-34-27-29-46-50(51(34)55-47)42-24-13-23-41(52(42)54-46)49-39-21-9-7-19-37(39)48(38-20-8-10-22-40(38)49)33-26-28-45-43(30-33)36-18-11-12-25-44(36)53(45)35-16-5-2-6-17-35/h1-31H. The van der Waals surface area contributed by atoms with E-state index in [0.29, 0.717) is 0 Å². The molecule has 3 aromatic heterocycles. The van der Waals surface area contributed by atoms with Crippen LogP contribution in [-0.2, 0) is 0 Å². The van der Waals surface area contributed by atoms with Gasteiger partial charge in [-0.05, 0) is 81.2 Å². The molecule has 0 N–H and O–H groups in total. The summed E-state index contributed by atoms with van der Waals surface area (Å²) in [6.45, 7) is 0. The van der Waals surface area contributed by atoms with Crippen molar-refractivity contribution in [3.8, 4) is 39.3 Å². The van der Waals surface area contributed by atoms with Gasteiger partial charge in [0.25, 0.3) is 0 Å². The number of furan rings is 2. The molecule has 3 heteroatoms. The summed E-state index contributed by atoms with van der Waals surface area (Å²) in [4.78, 5) is 0. The van der Waals surface area contributed by atoms with Crippen molar-refractivity contribution in [2.24, 2.45) is 0 Å². The number of rotatable bonds is 4. The molecule has 9 aromatic carbocycles. The maximum atomic E-state index is 6.84. The van der Waals surface area contributed by atoms with Crippen LogP contribution >= 0.6 is 0 Å². The molecule has 0 saturated heterocycles. The summed E-state index contributed by atoms with van der Waals surface area (Å²) in [6, 6.07) is 67.2. The normalized spacial score (nSPS) is 12.0. The van der Waals surface area contributed by atoms with E-state index in [2.05, 4.69) is 174 Å². The second kappa shape index (κ2) is 11.6.